The summed E-state index contributed by atoms with van der Waals surface area (Å²) in [5, 5.41) is 6.25. The van der Waals surface area contributed by atoms with Crippen molar-refractivity contribution < 1.29 is 9.53 Å². The van der Waals surface area contributed by atoms with E-state index < -0.39 is 0 Å². The van der Waals surface area contributed by atoms with E-state index in [1.807, 2.05) is 18.2 Å². The van der Waals surface area contributed by atoms with Gasteiger partial charge in [-0.2, -0.15) is 0 Å². The molecule has 1 heterocycles. The van der Waals surface area contributed by atoms with E-state index in [0.29, 0.717) is 0 Å². The molecule has 1 unspecified atom stereocenters. The SMILES string of the molecule is C#CCSCCNC(C)c1ccc2c(c1)NC(=O)CO2. The largest absolute Gasteiger partial charge is 0.482 e. The predicted octanol–water partition coefficient (Wildman–Crippen LogP) is 2.03. The van der Waals surface area contributed by atoms with E-state index in [9.17, 15) is 4.79 Å². The van der Waals surface area contributed by atoms with Crippen LogP contribution >= 0.6 is 11.8 Å². The Morgan fingerprint density at radius 3 is 3.25 bits per heavy atom. The first-order valence-electron chi connectivity index (χ1n) is 6.52. The third-order valence-corrected chi connectivity index (χ3v) is 3.88. The summed E-state index contributed by atoms with van der Waals surface area (Å²) >= 11 is 1.74. The molecular formula is C15H18N2O2S. The third kappa shape index (κ3) is 3.92. The molecule has 1 aliphatic heterocycles. The van der Waals surface area contributed by atoms with Crippen molar-refractivity contribution in [1.82, 2.24) is 5.32 Å². The smallest absolute Gasteiger partial charge is 0.262 e. The summed E-state index contributed by atoms with van der Waals surface area (Å²) in [5.41, 5.74) is 1.87. The molecule has 0 aliphatic carbocycles. The Morgan fingerprint density at radius 1 is 1.60 bits per heavy atom. The average Bonchev–Trinajstić information content (AvgIpc) is 2.46. The molecule has 1 aromatic carbocycles. The zero-order chi connectivity index (χ0) is 14.4. The molecule has 0 spiro atoms. The molecule has 20 heavy (non-hydrogen) atoms. The monoisotopic (exact) mass is 290 g/mol. The first kappa shape index (κ1) is 14.8. The lowest BCUT2D eigenvalue weighted by atomic mass is 10.1. The van der Waals surface area contributed by atoms with Crippen molar-refractivity contribution in [3.8, 4) is 18.1 Å². The van der Waals surface area contributed by atoms with Crippen LogP contribution in [0.15, 0.2) is 18.2 Å². The number of carbonyl (C=O) groups excluding carboxylic acids is 1. The Balaban J connectivity index is 1.90. The van der Waals surface area contributed by atoms with E-state index in [0.717, 1.165) is 35.1 Å². The summed E-state index contributed by atoms with van der Waals surface area (Å²) in [6, 6.07) is 6.09. The minimum Gasteiger partial charge on any atom is -0.482 e. The second kappa shape index (κ2) is 7.22. The fourth-order valence-corrected chi connectivity index (χ4v) is 2.49. The number of nitrogens with one attached hydrogen (secondary N) is 2. The minimum absolute atomic E-state index is 0.0898. The Labute approximate surface area is 123 Å². The van der Waals surface area contributed by atoms with E-state index in [2.05, 4.69) is 23.5 Å². The maximum absolute atomic E-state index is 11.3. The summed E-state index contributed by atoms with van der Waals surface area (Å²) in [6.45, 7) is 3.08. The van der Waals surface area contributed by atoms with E-state index in [4.69, 9.17) is 11.2 Å². The van der Waals surface area contributed by atoms with Gasteiger partial charge in [0.25, 0.3) is 5.91 Å². The lowest BCUT2D eigenvalue weighted by Crippen LogP contribution is -2.26. The maximum Gasteiger partial charge on any atom is 0.262 e. The number of fused-ring (bicyclic) bond motifs is 1. The highest BCUT2D eigenvalue weighted by atomic mass is 32.2. The molecule has 2 rings (SSSR count). The van der Waals surface area contributed by atoms with Crippen molar-refractivity contribution in [3.05, 3.63) is 23.8 Å². The van der Waals surface area contributed by atoms with Crippen molar-refractivity contribution in [2.75, 3.05) is 30.0 Å². The molecule has 4 nitrogen and oxygen atoms in total. The molecule has 0 fully saturated rings. The number of thioether (sulfide) groups is 1. The van der Waals surface area contributed by atoms with Crippen LogP contribution in [-0.2, 0) is 4.79 Å². The summed E-state index contributed by atoms with van der Waals surface area (Å²) < 4.78 is 5.34. The summed E-state index contributed by atoms with van der Waals surface area (Å²) in [4.78, 5) is 11.3. The van der Waals surface area contributed by atoms with Crippen molar-refractivity contribution in [1.29, 1.82) is 0 Å². The van der Waals surface area contributed by atoms with Gasteiger partial charge in [0.2, 0.25) is 0 Å². The lowest BCUT2D eigenvalue weighted by molar-refractivity contribution is -0.118. The summed E-state index contributed by atoms with van der Waals surface area (Å²) in [6.07, 6.45) is 5.20. The molecule has 5 heteroatoms. The van der Waals surface area contributed by atoms with Crippen LogP contribution < -0.4 is 15.4 Å². The molecule has 0 bridgehead atoms. The fourth-order valence-electron chi connectivity index (χ4n) is 1.97. The third-order valence-electron chi connectivity index (χ3n) is 3.02. The zero-order valence-electron chi connectivity index (χ0n) is 11.4. The molecule has 0 radical (unpaired) electrons. The van der Waals surface area contributed by atoms with Gasteiger partial charge in [-0.05, 0) is 24.6 Å². The van der Waals surface area contributed by atoms with Crippen molar-refractivity contribution in [3.63, 3.8) is 0 Å². The number of rotatable bonds is 6. The van der Waals surface area contributed by atoms with Crippen LogP contribution in [0.2, 0.25) is 0 Å². The Kier molecular flexibility index (Phi) is 5.33. The normalized spacial score (nSPS) is 14.7. The van der Waals surface area contributed by atoms with Crippen LogP contribution in [-0.4, -0.2) is 30.6 Å². The number of amides is 1. The highest BCUT2D eigenvalue weighted by molar-refractivity contribution is 7.99. The second-order valence-electron chi connectivity index (χ2n) is 4.52. The van der Waals surface area contributed by atoms with Crippen LogP contribution in [0.1, 0.15) is 18.5 Å². The highest BCUT2D eigenvalue weighted by Gasteiger charge is 2.17. The molecule has 1 amide bonds. The molecule has 2 N–H and O–H groups in total. The van der Waals surface area contributed by atoms with Gasteiger partial charge in [-0.15, -0.1) is 18.2 Å². The number of hydrogen-bond acceptors (Lipinski definition) is 4. The van der Waals surface area contributed by atoms with Crippen LogP contribution in [0.3, 0.4) is 0 Å². The van der Waals surface area contributed by atoms with Crippen molar-refractivity contribution in [2.45, 2.75) is 13.0 Å². The van der Waals surface area contributed by atoms with E-state index in [1.54, 1.807) is 11.8 Å². The van der Waals surface area contributed by atoms with Crippen molar-refractivity contribution in [2.24, 2.45) is 0 Å². The number of carbonyl (C=O) groups is 1. The van der Waals surface area contributed by atoms with Crippen LogP contribution in [0.25, 0.3) is 0 Å². The van der Waals surface area contributed by atoms with Gasteiger partial charge in [0.1, 0.15) is 5.75 Å². The van der Waals surface area contributed by atoms with Crippen LogP contribution in [0, 0.1) is 12.3 Å². The first-order valence-corrected chi connectivity index (χ1v) is 7.67. The van der Waals surface area contributed by atoms with Crippen LogP contribution in [0.4, 0.5) is 5.69 Å². The van der Waals surface area contributed by atoms with Gasteiger partial charge in [-0.25, -0.2) is 0 Å². The molecule has 106 valence electrons. The van der Waals surface area contributed by atoms with Gasteiger partial charge in [0.15, 0.2) is 6.61 Å². The predicted molar refractivity (Wildman–Crippen MR) is 83.1 cm³/mol. The van der Waals surface area contributed by atoms with Crippen LogP contribution in [0.5, 0.6) is 5.75 Å². The van der Waals surface area contributed by atoms with Gasteiger partial charge >= 0.3 is 0 Å². The van der Waals surface area contributed by atoms with E-state index >= 15 is 0 Å². The minimum atomic E-state index is -0.110. The molecule has 0 saturated heterocycles. The number of ether oxygens (including phenoxy) is 1. The van der Waals surface area contributed by atoms with Gasteiger partial charge in [0.05, 0.1) is 11.4 Å². The second-order valence-corrected chi connectivity index (χ2v) is 5.63. The average molecular weight is 290 g/mol. The Bertz CT molecular complexity index is 525. The van der Waals surface area contributed by atoms with E-state index in [1.165, 1.54) is 0 Å². The lowest BCUT2D eigenvalue weighted by Gasteiger charge is -2.21. The fraction of sp³-hybridized carbons (Fsp3) is 0.400. The number of benzene rings is 1. The zero-order valence-corrected chi connectivity index (χ0v) is 12.3. The summed E-state index contributed by atoms with van der Waals surface area (Å²) in [7, 11) is 0. The van der Waals surface area contributed by atoms with Gasteiger partial charge in [-0.3, -0.25) is 4.79 Å². The standard InChI is InChI=1S/C15H18N2O2S/c1-3-7-20-8-6-16-11(2)12-4-5-14-13(9-12)17-15(18)10-19-14/h1,4-5,9,11,16H,6-8,10H2,2H3,(H,17,18). The topological polar surface area (TPSA) is 50.4 Å². The molecule has 1 aromatic rings. The van der Waals surface area contributed by atoms with E-state index in [-0.39, 0.29) is 18.6 Å². The quantitative estimate of drug-likeness (QED) is 0.622. The molecule has 0 aromatic heterocycles. The number of terminal acetylenes is 1. The molecule has 1 atom stereocenters. The Morgan fingerprint density at radius 2 is 2.45 bits per heavy atom. The molecule has 0 saturated carbocycles. The maximum atomic E-state index is 11.3. The number of anilines is 1. The molecular weight excluding hydrogens is 272 g/mol. The Hall–Kier alpha value is -1.64. The highest BCUT2D eigenvalue weighted by Crippen LogP contribution is 2.30. The van der Waals surface area contributed by atoms with Gasteiger partial charge in [-0.1, -0.05) is 12.0 Å². The first-order chi connectivity index (χ1) is 9.70. The summed E-state index contributed by atoms with van der Waals surface area (Å²) in [5.74, 6) is 4.96. The molecule has 1 aliphatic rings. The van der Waals surface area contributed by atoms with Gasteiger partial charge in [0, 0.05) is 18.3 Å². The van der Waals surface area contributed by atoms with Gasteiger partial charge < -0.3 is 15.4 Å². The van der Waals surface area contributed by atoms with Crippen molar-refractivity contribution >= 4 is 23.4 Å². The number of hydrogen-bond donors (Lipinski definition) is 2.